The molecule has 0 radical (unpaired) electrons. The van der Waals surface area contributed by atoms with Gasteiger partial charge in [0.2, 0.25) is 5.91 Å². The van der Waals surface area contributed by atoms with Crippen molar-refractivity contribution in [3.05, 3.63) is 53.8 Å². The molecule has 44 heavy (non-hydrogen) atoms. The number of benzene rings is 2. The smallest absolute Gasteiger partial charge is 0.407 e. The summed E-state index contributed by atoms with van der Waals surface area (Å²) in [7, 11) is 0. The second-order valence-electron chi connectivity index (χ2n) is 11.3. The van der Waals surface area contributed by atoms with Crippen LogP contribution in [0.25, 0.3) is 0 Å². The Morgan fingerprint density at radius 1 is 1.07 bits per heavy atom. The molecule has 0 aromatic heterocycles. The molecule has 2 atom stereocenters. The highest BCUT2D eigenvalue weighted by atomic mass is 19.1. The van der Waals surface area contributed by atoms with Crippen molar-refractivity contribution in [3.8, 4) is 0 Å². The van der Waals surface area contributed by atoms with Crippen LogP contribution in [-0.2, 0) is 39.9 Å². The van der Waals surface area contributed by atoms with Gasteiger partial charge < -0.3 is 39.8 Å². The molecule has 2 fully saturated rings. The summed E-state index contributed by atoms with van der Waals surface area (Å²) in [6.45, 7) is 5.75. The molecular weight excluding hydrogens is 579 g/mol. The van der Waals surface area contributed by atoms with Crippen molar-refractivity contribution in [3.63, 3.8) is 0 Å². The number of halogens is 1. The summed E-state index contributed by atoms with van der Waals surface area (Å²) < 4.78 is 30.7. The molecule has 2 heterocycles. The van der Waals surface area contributed by atoms with Crippen LogP contribution in [-0.4, -0.2) is 79.5 Å². The van der Waals surface area contributed by atoms with Gasteiger partial charge in [-0.2, -0.15) is 0 Å². The van der Waals surface area contributed by atoms with Crippen LogP contribution in [0.4, 0.5) is 26.2 Å². The molecule has 236 valence electrons. The third-order valence-corrected chi connectivity index (χ3v) is 6.80. The first-order valence-corrected chi connectivity index (χ1v) is 14.0. The van der Waals surface area contributed by atoms with Gasteiger partial charge in [-0.15, -0.1) is 0 Å². The zero-order chi connectivity index (χ0) is 32.0. The predicted molar refractivity (Wildman–Crippen MR) is 156 cm³/mol. The first-order valence-electron chi connectivity index (χ1n) is 14.0. The first kappa shape index (κ1) is 32.4. The molecule has 2 saturated heterocycles. The molecule has 0 saturated carbocycles. The summed E-state index contributed by atoms with van der Waals surface area (Å²) in [5.41, 5.74) is 0.438. The summed E-state index contributed by atoms with van der Waals surface area (Å²) in [5, 5.41) is 14.5. The summed E-state index contributed by atoms with van der Waals surface area (Å²) in [4.78, 5) is 65.7. The largest absolute Gasteiger partial charge is 0.481 e. The van der Waals surface area contributed by atoms with Crippen LogP contribution >= 0.6 is 0 Å². The second-order valence-corrected chi connectivity index (χ2v) is 11.3. The highest BCUT2D eigenvalue weighted by Crippen LogP contribution is 2.29. The van der Waals surface area contributed by atoms with Crippen LogP contribution in [0.3, 0.4) is 0 Å². The van der Waals surface area contributed by atoms with Crippen LogP contribution in [0.2, 0.25) is 0 Å². The standard InChI is InChI=1S/C30H35FN4O9/c1-30(2,3)44-29(41)32-16-18-7-8-19(13-23(18)31)33-27(39)22(15-25(37)38)26-28(40)35(10-12-43-26)21-6-4-5-20(14-21)34-9-11-42-17-24(34)36/h4-8,13-14,22,26H,9-12,15-17H2,1-3H3,(H,32,41)(H,33,39)(H,37,38)/t22-,26-/m1/s1. The highest BCUT2D eigenvalue weighted by Gasteiger charge is 2.41. The lowest BCUT2D eigenvalue weighted by atomic mass is 9.94. The van der Waals surface area contributed by atoms with Crippen LogP contribution in [0.15, 0.2) is 42.5 Å². The second kappa shape index (κ2) is 13.8. The average molecular weight is 615 g/mol. The molecule has 2 aromatic rings. The Bertz CT molecular complexity index is 1430. The number of anilines is 3. The van der Waals surface area contributed by atoms with Crippen molar-refractivity contribution in [1.29, 1.82) is 0 Å². The van der Waals surface area contributed by atoms with E-state index in [1.807, 2.05) is 0 Å². The maximum absolute atomic E-state index is 14.8. The van der Waals surface area contributed by atoms with Crippen molar-refractivity contribution in [2.75, 3.05) is 48.0 Å². The summed E-state index contributed by atoms with van der Waals surface area (Å²) >= 11 is 0. The first-order chi connectivity index (χ1) is 20.8. The monoisotopic (exact) mass is 614 g/mol. The molecule has 2 aliphatic heterocycles. The predicted octanol–water partition coefficient (Wildman–Crippen LogP) is 2.67. The van der Waals surface area contributed by atoms with Crippen LogP contribution in [0.5, 0.6) is 0 Å². The topological polar surface area (TPSA) is 164 Å². The van der Waals surface area contributed by atoms with E-state index in [9.17, 15) is 33.5 Å². The molecule has 13 nitrogen and oxygen atoms in total. The van der Waals surface area contributed by atoms with E-state index >= 15 is 0 Å². The minimum absolute atomic E-state index is 0.0203. The van der Waals surface area contributed by atoms with Gasteiger partial charge in [-0.3, -0.25) is 19.2 Å². The van der Waals surface area contributed by atoms with Gasteiger partial charge in [0.05, 0.1) is 25.6 Å². The molecule has 0 bridgehead atoms. The van der Waals surface area contributed by atoms with Gasteiger partial charge in [-0.1, -0.05) is 12.1 Å². The number of amides is 4. The molecule has 4 rings (SSSR count). The van der Waals surface area contributed by atoms with Gasteiger partial charge in [-0.05, 0) is 51.1 Å². The Morgan fingerprint density at radius 2 is 1.77 bits per heavy atom. The zero-order valence-corrected chi connectivity index (χ0v) is 24.6. The number of morpholine rings is 2. The number of carboxylic acids is 1. The number of aliphatic carboxylic acids is 1. The maximum Gasteiger partial charge on any atom is 0.407 e. The lowest BCUT2D eigenvalue weighted by Crippen LogP contribution is -2.53. The molecule has 0 unspecified atom stereocenters. The van der Waals surface area contributed by atoms with E-state index in [1.54, 1.807) is 49.9 Å². The minimum Gasteiger partial charge on any atom is -0.481 e. The van der Waals surface area contributed by atoms with Crippen molar-refractivity contribution in [1.82, 2.24) is 5.32 Å². The molecular formula is C30H35FN4O9. The van der Waals surface area contributed by atoms with Crippen LogP contribution in [0.1, 0.15) is 32.8 Å². The molecule has 14 heteroatoms. The van der Waals surface area contributed by atoms with Crippen molar-refractivity contribution in [2.45, 2.75) is 45.4 Å². The van der Waals surface area contributed by atoms with Gasteiger partial charge in [0.15, 0.2) is 0 Å². The van der Waals surface area contributed by atoms with Crippen molar-refractivity contribution < 1.29 is 47.7 Å². The lowest BCUT2D eigenvalue weighted by Gasteiger charge is -2.36. The fourth-order valence-corrected chi connectivity index (χ4v) is 4.78. The number of nitrogens with zero attached hydrogens (tertiary/aromatic N) is 2. The van der Waals surface area contributed by atoms with Gasteiger partial charge >= 0.3 is 12.1 Å². The fraction of sp³-hybridized carbons (Fsp3) is 0.433. The summed E-state index contributed by atoms with van der Waals surface area (Å²) in [6.07, 6.45) is -2.88. The molecule has 2 aromatic carbocycles. The van der Waals surface area contributed by atoms with Gasteiger partial charge in [0, 0.05) is 42.3 Å². The van der Waals surface area contributed by atoms with E-state index in [0.29, 0.717) is 24.5 Å². The Hall–Kier alpha value is -4.56. The molecule has 4 amide bonds. The highest BCUT2D eigenvalue weighted by molar-refractivity contribution is 6.04. The summed E-state index contributed by atoms with van der Waals surface area (Å²) in [5.74, 6) is -5.20. The maximum atomic E-state index is 14.8. The number of nitrogens with one attached hydrogen (secondary N) is 2. The Labute approximate surface area is 253 Å². The number of hydrogen-bond acceptors (Lipinski definition) is 8. The third-order valence-electron chi connectivity index (χ3n) is 6.80. The number of rotatable bonds is 9. The normalized spacial score (nSPS) is 18.0. The fourth-order valence-electron chi connectivity index (χ4n) is 4.78. The van der Waals surface area contributed by atoms with Gasteiger partial charge in [-0.25, -0.2) is 9.18 Å². The van der Waals surface area contributed by atoms with E-state index < -0.39 is 53.7 Å². The zero-order valence-electron chi connectivity index (χ0n) is 24.6. The number of alkyl carbamates (subject to hydrolysis) is 1. The van der Waals surface area contributed by atoms with E-state index in [-0.39, 0.29) is 43.5 Å². The molecule has 2 aliphatic rings. The minimum atomic E-state index is -1.44. The van der Waals surface area contributed by atoms with E-state index in [1.165, 1.54) is 17.0 Å². The average Bonchev–Trinajstić information content (AvgIpc) is 2.95. The van der Waals surface area contributed by atoms with Crippen molar-refractivity contribution in [2.24, 2.45) is 5.92 Å². The van der Waals surface area contributed by atoms with Gasteiger partial charge in [0.25, 0.3) is 11.8 Å². The number of carboxylic acid groups (broad SMARTS) is 1. The van der Waals surface area contributed by atoms with Crippen molar-refractivity contribution >= 4 is 46.8 Å². The Kier molecular flexibility index (Phi) is 10.2. The number of hydrogen-bond donors (Lipinski definition) is 3. The van der Waals surface area contributed by atoms with Crippen LogP contribution < -0.4 is 20.4 Å². The Morgan fingerprint density at radius 3 is 2.43 bits per heavy atom. The quantitative estimate of drug-likeness (QED) is 0.385. The number of carbonyl (C=O) groups excluding carboxylic acids is 4. The van der Waals surface area contributed by atoms with Gasteiger partial charge in [0.1, 0.15) is 24.1 Å². The Balaban J connectivity index is 1.47. The SMILES string of the molecule is CC(C)(C)OC(=O)NCc1ccc(NC(=O)[C@H](CC(=O)O)[C@H]2OCCN(c3cccc(N4CCOCC4=O)c3)C2=O)cc1F. The van der Waals surface area contributed by atoms with E-state index in [0.717, 1.165) is 6.07 Å². The van der Waals surface area contributed by atoms with E-state index in [4.69, 9.17) is 14.2 Å². The third kappa shape index (κ3) is 8.29. The lowest BCUT2D eigenvalue weighted by molar-refractivity contribution is -0.149. The number of carbonyl (C=O) groups is 5. The van der Waals surface area contributed by atoms with E-state index in [2.05, 4.69) is 10.6 Å². The number of ether oxygens (including phenoxy) is 3. The molecule has 3 N–H and O–H groups in total. The molecule has 0 aliphatic carbocycles. The van der Waals surface area contributed by atoms with Crippen LogP contribution in [0, 0.1) is 11.7 Å². The summed E-state index contributed by atoms with van der Waals surface area (Å²) in [6, 6.07) is 10.5. The molecule has 0 spiro atoms.